The highest BCUT2D eigenvalue weighted by Gasteiger charge is 2.13. The molecule has 0 saturated carbocycles. The Morgan fingerprint density at radius 2 is 1.93 bits per heavy atom. The summed E-state index contributed by atoms with van der Waals surface area (Å²) in [5, 5.41) is 4.09. The van der Waals surface area contributed by atoms with Gasteiger partial charge < -0.3 is 9.09 Å². The summed E-state index contributed by atoms with van der Waals surface area (Å²) in [6.45, 7) is 6.10. The van der Waals surface area contributed by atoms with Crippen LogP contribution in [0.3, 0.4) is 0 Å². The molecule has 0 unspecified atom stereocenters. The molecule has 0 bridgehead atoms. The van der Waals surface area contributed by atoms with Crippen molar-refractivity contribution in [2.75, 3.05) is 0 Å². The average Bonchev–Trinajstić information content (AvgIpc) is 3.28. The lowest BCUT2D eigenvalue weighted by atomic mass is 9.95. The van der Waals surface area contributed by atoms with E-state index in [1.165, 1.54) is 16.7 Å². The maximum absolute atomic E-state index is 5.34. The first-order chi connectivity index (χ1) is 13.0. The monoisotopic (exact) mass is 421 g/mol. The Balaban J connectivity index is 1.67. The van der Waals surface area contributed by atoms with Gasteiger partial charge >= 0.3 is 0 Å². The summed E-state index contributed by atoms with van der Waals surface area (Å²) < 4.78 is 8.39. The van der Waals surface area contributed by atoms with Crippen molar-refractivity contribution >= 4 is 15.9 Å². The molecule has 2 aromatic carbocycles. The van der Waals surface area contributed by atoms with Gasteiger partial charge in [0.25, 0.3) is 0 Å². The minimum absolute atomic E-state index is 0.856. The van der Waals surface area contributed by atoms with Crippen LogP contribution in [-0.2, 0) is 6.42 Å². The maximum Gasteiger partial charge on any atom is 0.141 e. The molecule has 0 atom stereocenters. The number of imidazole rings is 1. The molecular formula is C22H20BrN3O. The number of hydrogen-bond donors (Lipinski definition) is 0. The van der Waals surface area contributed by atoms with Crippen LogP contribution in [0.1, 0.15) is 28.1 Å². The summed E-state index contributed by atoms with van der Waals surface area (Å²) in [7, 11) is 0. The van der Waals surface area contributed by atoms with Gasteiger partial charge in [0.15, 0.2) is 0 Å². The van der Waals surface area contributed by atoms with E-state index >= 15 is 0 Å². The Morgan fingerprint density at radius 1 is 1.07 bits per heavy atom. The van der Waals surface area contributed by atoms with E-state index in [0.29, 0.717) is 0 Å². The van der Waals surface area contributed by atoms with Crippen LogP contribution >= 0.6 is 15.9 Å². The van der Waals surface area contributed by atoms with Gasteiger partial charge in [0.1, 0.15) is 5.76 Å². The number of nitrogens with zero attached hydrogens (tertiary/aromatic N) is 3. The molecular weight excluding hydrogens is 402 g/mol. The van der Waals surface area contributed by atoms with E-state index in [1.807, 2.05) is 24.6 Å². The normalized spacial score (nSPS) is 11.1. The highest BCUT2D eigenvalue weighted by molar-refractivity contribution is 9.10. The first kappa shape index (κ1) is 17.7. The Hall–Kier alpha value is -2.66. The quantitative estimate of drug-likeness (QED) is 0.417. The first-order valence-corrected chi connectivity index (χ1v) is 9.62. The zero-order valence-electron chi connectivity index (χ0n) is 15.5. The van der Waals surface area contributed by atoms with E-state index in [2.05, 4.69) is 69.4 Å². The molecule has 27 heavy (non-hydrogen) atoms. The second-order valence-corrected chi connectivity index (χ2v) is 7.63. The third-order valence-corrected chi connectivity index (χ3v) is 5.50. The molecule has 0 spiro atoms. The van der Waals surface area contributed by atoms with Crippen molar-refractivity contribution in [3.05, 3.63) is 87.7 Å². The summed E-state index contributed by atoms with van der Waals surface area (Å²) in [4.78, 5) is 4.12. The van der Waals surface area contributed by atoms with Gasteiger partial charge in [-0.2, -0.15) is 0 Å². The van der Waals surface area contributed by atoms with Gasteiger partial charge in [-0.1, -0.05) is 29.4 Å². The third kappa shape index (κ3) is 3.47. The molecule has 4 aromatic rings. The Labute approximate surface area is 167 Å². The summed E-state index contributed by atoms with van der Waals surface area (Å²) in [6.07, 6.45) is 6.39. The van der Waals surface area contributed by atoms with Gasteiger partial charge in [0.2, 0.25) is 0 Å². The number of aromatic nitrogens is 3. The highest BCUT2D eigenvalue weighted by Crippen LogP contribution is 2.30. The number of benzene rings is 2. The van der Waals surface area contributed by atoms with Crippen LogP contribution in [0.25, 0.3) is 16.8 Å². The van der Waals surface area contributed by atoms with Crippen molar-refractivity contribution in [3.8, 4) is 16.8 Å². The largest absolute Gasteiger partial charge is 0.361 e. The van der Waals surface area contributed by atoms with Gasteiger partial charge in [-0.25, -0.2) is 4.98 Å². The molecule has 0 amide bonds. The Bertz CT molecular complexity index is 1080. The maximum atomic E-state index is 5.34. The molecule has 4 rings (SSSR count). The summed E-state index contributed by atoms with van der Waals surface area (Å²) in [5.41, 5.74) is 8.08. The lowest BCUT2D eigenvalue weighted by Crippen LogP contribution is -1.96. The van der Waals surface area contributed by atoms with Crippen LogP contribution in [0.2, 0.25) is 0 Å². The molecule has 5 heteroatoms. The molecule has 0 aliphatic heterocycles. The van der Waals surface area contributed by atoms with Crippen molar-refractivity contribution in [3.63, 3.8) is 0 Å². The molecule has 0 radical (unpaired) electrons. The number of halogens is 1. The molecule has 0 N–H and O–H groups in total. The van der Waals surface area contributed by atoms with Crippen molar-refractivity contribution in [1.29, 1.82) is 0 Å². The van der Waals surface area contributed by atoms with Gasteiger partial charge in [-0.05, 0) is 77.5 Å². The van der Waals surface area contributed by atoms with Crippen LogP contribution in [-0.4, -0.2) is 14.7 Å². The zero-order valence-corrected chi connectivity index (χ0v) is 17.1. The second kappa shape index (κ2) is 7.16. The molecule has 136 valence electrons. The van der Waals surface area contributed by atoms with Gasteiger partial charge in [-0.15, -0.1) is 0 Å². The van der Waals surface area contributed by atoms with E-state index in [1.54, 1.807) is 12.5 Å². The van der Waals surface area contributed by atoms with E-state index in [4.69, 9.17) is 4.52 Å². The molecule has 0 aliphatic carbocycles. The van der Waals surface area contributed by atoms with Gasteiger partial charge in [0, 0.05) is 22.4 Å². The van der Waals surface area contributed by atoms with Crippen molar-refractivity contribution < 1.29 is 4.52 Å². The molecule has 0 saturated heterocycles. The minimum Gasteiger partial charge on any atom is -0.361 e. The van der Waals surface area contributed by atoms with Gasteiger partial charge in [-0.3, -0.25) is 0 Å². The number of aryl methyl sites for hydroxylation is 3. The predicted octanol–water partition coefficient (Wildman–Crippen LogP) is 5.81. The molecule has 4 nitrogen and oxygen atoms in total. The van der Waals surface area contributed by atoms with Crippen LogP contribution in [0.5, 0.6) is 0 Å². The second-order valence-electron chi connectivity index (χ2n) is 6.77. The topological polar surface area (TPSA) is 43.9 Å². The smallest absolute Gasteiger partial charge is 0.141 e. The third-order valence-electron chi connectivity index (χ3n) is 4.86. The van der Waals surface area contributed by atoms with Crippen LogP contribution in [0, 0.1) is 20.8 Å². The summed E-state index contributed by atoms with van der Waals surface area (Å²) in [6, 6.07) is 13.0. The predicted molar refractivity (Wildman–Crippen MR) is 110 cm³/mol. The van der Waals surface area contributed by atoms with Crippen LogP contribution in [0.15, 0.2) is 64.1 Å². The van der Waals surface area contributed by atoms with Gasteiger partial charge in [0.05, 0.1) is 17.7 Å². The molecule has 2 aromatic heterocycles. The Morgan fingerprint density at radius 3 is 2.59 bits per heavy atom. The lowest BCUT2D eigenvalue weighted by molar-refractivity contribution is 0.393. The highest BCUT2D eigenvalue weighted by atomic mass is 79.9. The first-order valence-electron chi connectivity index (χ1n) is 8.82. The minimum atomic E-state index is 0.856. The van der Waals surface area contributed by atoms with E-state index < -0.39 is 0 Å². The number of hydrogen-bond acceptors (Lipinski definition) is 3. The zero-order chi connectivity index (χ0) is 19.0. The molecule has 2 heterocycles. The SMILES string of the molecule is Cc1ccc(-c2c(C)noc2C)cc1Cc1ccc(-n2ccnc2)c(Br)c1. The van der Waals surface area contributed by atoms with Crippen molar-refractivity contribution in [1.82, 2.24) is 14.7 Å². The molecule has 0 aliphatic rings. The average molecular weight is 422 g/mol. The van der Waals surface area contributed by atoms with E-state index in [0.717, 1.165) is 39.2 Å². The number of rotatable bonds is 4. The summed E-state index contributed by atoms with van der Waals surface area (Å²) >= 11 is 3.70. The van der Waals surface area contributed by atoms with Crippen LogP contribution < -0.4 is 0 Å². The van der Waals surface area contributed by atoms with Crippen molar-refractivity contribution in [2.24, 2.45) is 0 Å². The van der Waals surface area contributed by atoms with E-state index in [9.17, 15) is 0 Å². The summed E-state index contributed by atoms with van der Waals surface area (Å²) in [5.74, 6) is 0.856. The van der Waals surface area contributed by atoms with Crippen molar-refractivity contribution in [2.45, 2.75) is 27.2 Å². The molecule has 0 fully saturated rings. The fourth-order valence-electron chi connectivity index (χ4n) is 3.40. The van der Waals surface area contributed by atoms with E-state index in [-0.39, 0.29) is 0 Å². The Kier molecular flexibility index (Phi) is 4.70. The standard InChI is InChI=1S/C22H20BrN3O/c1-14-4-6-18(22-15(2)25-27-16(22)3)12-19(14)10-17-5-7-21(20(23)11-17)26-9-8-24-13-26/h4-9,11-13H,10H2,1-3H3. The van der Waals surface area contributed by atoms with Crippen LogP contribution in [0.4, 0.5) is 0 Å². The lowest BCUT2D eigenvalue weighted by Gasteiger charge is -2.11. The fraction of sp³-hybridized carbons (Fsp3) is 0.182. The fourth-order valence-corrected chi connectivity index (χ4v) is 4.03.